The predicted molar refractivity (Wildman–Crippen MR) is 112 cm³/mol. The van der Waals surface area contributed by atoms with Crippen LogP contribution in [0.1, 0.15) is 29.8 Å². The van der Waals surface area contributed by atoms with E-state index in [1.165, 1.54) is 18.3 Å². The highest BCUT2D eigenvalue weighted by Gasteiger charge is 2.46. The molecule has 8 heteroatoms. The number of rotatable bonds is 6. The molecule has 0 saturated carbocycles. The number of carbonyl (C=O) groups is 3. The number of nitrogens with two attached hydrogens (primary N) is 1. The average Bonchev–Trinajstić information content (AvgIpc) is 3.34. The summed E-state index contributed by atoms with van der Waals surface area (Å²) in [6, 6.07) is 12.4. The summed E-state index contributed by atoms with van der Waals surface area (Å²) in [5.41, 5.74) is 7.11. The number of ketones is 1. The van der Waals surface area contributed by atoms with Gasteiger partial charge < -0.3 is 15.4 Å². The Morgan fingerprint density at radius 2 is 2.00 bits per heavy atom. The van der Waals surface area contributed by atoms with Gasteiger partial charge in [0, 0.05) is 22.7 Å². The van der Waals surface area contributed by atoms with E-state index in [4.69, 9.17) is 15.7 Å². The molecular weight excluding hydrogens is 402 g/mol. The lowest BCUT2D eigenvalue weighted by Crippen LogP contribution is -2.31. The SMILES string of the molecule is C/C(N)=C(\C#N)C(=O)COC(=O)[C@@H]1CC(=O)N(c2ccc(C)cc2)[C@H]1c1cccs1. The molecule has 2 N–H and O–H groups in total. The Morgan fingerprint density at radius 3 is 2.57 bits per heavy atom. The number of carbonyl (C=O) groups excluding carboxylic acids is 3. The van der Waals surface area contributed by atoms with Crippen LogP contribution in [0.5, 0.6) is 0 Å². The Morgan fingerprint density at radius 1 is 1.30 bits per heavy atom. The summed E-state index contributed by atoms with van der Waals surface area (Å²) >= 11 is 1.45. The van der Waals surface area contributed by atoms with Crippen LogP contribution in [0.2, 0.25) is 0 Å². The lowest BCUT2D eigenvalue weighted by atomic mass is 9.98. The van der Waals surface area contributed by atoms with Gasteiger partial charge in [0.2, 0.25) is 11.7 Å². The summed E-state index contributed by atoms with van der Waals surface area (Å²) in [6.45, 7) is 2.79. The van der Waals surface area contributed by atoms with Crippen LogP contribution in [0.4, 0.5) is 5.69 Å². The Labute approximate surface area is 178 Å². The number of Topliss-reactive ketones (excluding diaryl/α,β-unsaturated/α-hetero) is 1. The molecular formula is C22H21N3O4S. The van der Waals surface area contributed by atoms with Gasteiger partial charge in [-0.25, -0.2) is 0 Å². The Hall–Kier alpha value is -3.44. The van der Waals surface area contributed by atoms with Crippen molar-refractivity contribution in [3.63, 3.8) is 0 Å². The smallest absolute Gasteiger partial charge is 0.312 e. The number of thiophene rings is 1. The van der Waals surface area contributed by atoms with Crippen molar-refractivity contribution in [1.29, 1.82) is 5.26 Å². The predicted octanol–water partition coefficient (Wildman–Crippen LogP) is 3.02. The third-order valence-electron chi connectivity index (χ3n) is 4.90. The summed E-state index contributed by atoms with van der Waals surface area (Å²) in [7, 11) is 0. The van der Waals surface area contributed by atoms with Gasteiger partial charge in [0.1, 0.15) is 11.6 Å². The first-order chi connectivity index (χ1) is 14.3. The zero-order valence-electron chi connectivity index (χ0n) is 16.6. The van der Waals surface area contributed by atoms with Crippen molar-refractivity contribution in [2.45, 2.75) is 26.3 Å². The van der Waals surface area contributed by atoms with Crippen LogP contribution in [0.25, 0.3) is 0 Å². The number of benzene rings is 1. The van der Waals surface area contributed by atoms with Crippen LogP contribution in [-0.2, 0) is 19.1 Å². The van der Waals surface area contributed by atoms with Crippen molar-refractivity contribution in [3.05, 3.63) is 63.5 Å². The number of esters is 1. The van der Waals surface area contributed by atoms with Crippen LogP contribution >= 0.6 is 11.3 Å². The van der Waals surface area contributed by atoms with E-state index in [9.17, 15) is 14.4 Å². The van der Waals surface area contributed by atoms with Gasteiger partial charge in [0.15, 0.2) is 6.61 Å². The number of hydrogen-bond acceptors (Lipinski definition) is 7. The molecule has 1 aliphatic heterocycles. The number of amides is 1. The minimum Gasteiger partial charge on any atom is -0.457 e. The Balaban J connectivity index is 1.85. The molecule has 3 rings (SSSR count). The van der Waals surface area contributed by atoms with E-state index in [0.29, 0.717) is 5.69 Å². The number of aryl methyl sites for hydroxylation is 1. The molecule has 154 valence electrons. The molecule has 0 aliphatic carbocycles. The lowest BCUT2D eigenvalue weighted by molar-refractivity contribution is -0.151. The van der Waals surface area contributed by atoms with Crippen LogP contribution < -0.4 is 10.6 Å². The van der Waals surface area contributed by atoms with Crippen LogP contribution in [0.15, 0.2) is 53.0 Å². The minimum absolute atomic E-state index is 0.0275. The summed E-state index contributed by atoms with van der Waals surface area (Å²) in [5, 5.41) is 10.9. The molecule has 0 spiro atoms. The van der Waals surface area contributed by atoms with Gasteiger partial charge in [0.05, 0.1) is 12.0 Å². The highest BCUT2D eigenvalue weighted by atomic mass is 32.1. The second-order valence-corrected chi connectivity index (χ2v) is 8.05. The summed E-state index contributed by atoms with van der Waals surface area (Å²) in [5.74, 6) is -2.28. The van der Waals surface area contributed by atoms with Crippen molar-refractivity contribution < 1.29 is 19.1 Å². The fourth-order valence-electron chi connectivity index (χ4n) is 3.43. The third kappa shape index (κ3) is 4.26. The second kappa shape index (κ2) is 8.93. The van der Waals surface area contributed by atoms with Gasteiger partial charge in [0.25, 0.3) is 0 Å². The van der Waals surface area contributed by atoms with E-state index in [2.05, 4.69) is 0 Å². The van der Waals surface area contributed by atoms with Crippen molar-refractivity contribution in [2.75, 3.05) is 11.5 Å². The molecule has 1 saturated heterocycles. The van der Waals surface area contributed by atoms with Crippen LogP contribution in [0.3, 0.4) is 0 Å². The van der Waals surface area contributed by atoms with Crippen molar-refractivity contribution >= 4 is 34.7 Å². The maximum Gasteiger partial charge on any atom is 0.312 e. The van der Waals surface area contributed by atoms with Crippen molar-refractivity contribution in [3.8, 4) is 6.07 Å². The van der Waals surface area contributed by atoms with Crippen molar-refractivity contribution in [1.82, 2.24) is 0 Å². The number of nitrogens with zero attached hydrogens (tertiary/aromatic N) is 2. The molecule has 2 aromatic rings. The monoisotopic (exact) mass is 423 g/mol. The number of nitriles is 1. The quantitative estimate of drug-likeness (QED) is 0.434. The molecule has 2 atom stereocenters. The number of allylic oxidation sites excluding steroid dienone is 1. The van der Waals surface area contributed by atoms with Gasteiger partial charge in [-0.1, -0.05) is 23.8 Å². The van der Waals surface area contributed by atoms with Gasteiger partial charge >= 0.3 is 5.97 Å². The van der Waals surface area contributed by atoms with Crippen LogP contribution in [0, 0.1) is 24.2 Å². The molecule has 7 nitrogen and oxygen atoms in total. The van der Waals surface area contributed by atoms with Gasteiger partial charge in [-0.2, -0.15) is 5.26 Å². The third-order valence-corrected chi connectivity index (χ3v) is 5.85. The summed E-state index contributed by atoms with van der Waals surface area (Å²) < 4.78 is 5.20. The Bertz CT molecular complexity index is 1030. The molecule has 2 heterocycles. The zero-order chi connectivity index (χ0) is 21.8. The molecule has 1 fully saturated rings. The summed E-state index contributed by atoms with van der Waals surface area (Å²) in [4.78, 5) is 40.3. The minimum atomic E-state index is -0.765. The van der Waals surface area contributed by atoms with E-state index >= 15 is 0 Å². The molecule has 1 amide bonds. The van der Waals surface area contributed by atoms with Crippen LogP contribution in [-0.4, -0.2) is 24.3 Å². The number of hydrogen-bond donors (Lipinski definition) is 1. The van der Waals surface area contributed by atoms with Crippen molar-refractivity contribution in [2.24, 2.45) is 11.7 Å². The molecule has 1 aromatic heterocycles. The van der Waals surface area contributed by atoms with Gasteiger partial charge in [-0.15, -0.1) is 11.3 Å². The largest absolute Gasteiger partial charge is 0.457 e. The molecule has 30 heavy (non-hydrogen) atoms. The average molecular weight is 423 g/mol. The highest BCUT2D eigenvalue weighted by molar-refractivity contribution is 7.10. The standard InChI is InChI=1S/C22H21N3O4S/c1-13-5-7-15(8-6-13)25-20(27)10-16(21(25)19-4-3-9-30-19)22(28)29-12-18(26)17(11-23)14(2)24/h3-9,16,21H,10,12,24H2,1-2H3/b17-14-/t16-,21-/m1/s1. The van der Waals surface area contributed by atoms with E-state index in [1.54, 1.807) is 11.0 Å². The zero-order valence-corrected chi connectivity index (χ0v) is 17.4. The molecule has 0 bridgehead atoms. The fraction of sp³-hybridized carbons (Fsp3) is 0.273. The first kappa shape index (κ1) is 21.3. The fourth-order valence-corrected chi connectivity index (χ4v) is 4.31. The summed E-state index contributed by atoms with van der Waals surface area (Å²) in [6.07, 6.45) is -0.0275. The maximum atomic E-state index is 12.9. The topological polar surface area (TPSA) is 113 Å². The van der Waals surface area contributed by atoms with E-state index in [1.807, 2.05) is 48.7 Å². The first-order valence-electron chi connectivity index (χ1n) is 9.32. The molecule has 1 aromatic carbocycles. The Kier molecular flexibility index (Phi) is 6.33. The number of anilines is 1. The molecule has 1 aliphatic rings. The first-order valence-corrected chi connectivity index (χ1v) is 10.2. The highest BCUT2D eigenvalue weighted by Crippen LogP contribution is 2.43. The lowest BCUT2D eigenvalue weighted by Gasteiger charge is -2.27. The normalized spacial score (nSPS) is 19.2. The van der Waals surface area contributed by atoms with E-state index in [-0.39, 0.29) is 23.6 Å². The number of ether oxygens (including phenoxy) is 1. The van der Waals surface area contributed by atoms with Gasteiger partial charge in [-0.3, -0.25) is 14.4 Å². The van der Waals surface area contributed by atoms with E-state index in [0.717, 1.165) is 10.4 Å². The van der Waals surface area contributed by atoms with E-state index < -0.39 is 30.3 Å². The molecule has 0 unspecified atom stereocenters. The van der Waals surface area contributed by atoms with Gasteiger partial charge in [-0.05, 0) is 37.4 Å². The second-order valence-electron chi connectivity index (χ2n) is 7.07. The maximum absolute atomic E-state index is 12.9. The molecule has 0 radical (unpaired) electrons.